The molecule has 0 aliphatic rings. The van der Waals surface area contributed by atoms with Gasteiger partial charge in [-0.05, 0) is 31.0 Å². The number of benzene rings is 1. The molecule has 116 valence electrons. The van der Waals surface area contributed by atoms with E-state index in [1.54, 1.807) is 19.1 Å². The van der Waals surface area contributed by atoms with Gasteiger partial charge in [0.2, 0.25) is 0 Å². The summed E-state index contributed by atoms with van der Waals surface area (Å²) in [4.78, 5) is 22.9. The first kappa shape index (κ1) is 15.8. The van der Waals surface area contributed by atoms with E-state index in [1.165, 1.54) is 18.4 Å². The van der Waals surface area contributed by atoms with E-state index in [2.05, 4.69) is 5.32 Å². The third-order valence-corrected chi connectivity index (χ3v) is 3.20. The highest BCUT2D eigenvalue weighted by Crippen LogP contribution is 2.17. The number of carboxylic acid groups (broad SMARTS) is 1. The fraction of sp³-hybridized carbons (Fsp3) is 0.250. The summed E-state index contributed by atoms with van der Waals surface area (Å²) in [5.41, 5.74) is 1.76. The smallest absolute Gasteiger partial charge is 0.311 e. The van der Waals surface area contributed by atoms with Crippen molar-refractivity contribution in [2.45, 2.75) is 19.8 Å². The maximum Gasteiger partial charge on any atom is 0.311 e. The van der Waals surface area contributed by atoms with E-state index in [9.17, 15) is 14.0 Å². The number of nitrogens with one attached hydrogen (secondary N) is 1. The van der Waals surface area contributed by atoms with E-state index in [4.69, 9.17) is 9.52 Å². The Labute approximate surface area is 126 Å². The first-order valence-electron chi connectivity index (χ1n) is 6.78. The number of rotatable bonds is 6. The molecule has 0 fully saturated rings. The zero-order chi connectivity index (χ0) is 16.1. The van der Waals surface area contributed by atoms with Crippen molar-refractivity contribution in [2.24, 2.45) is 0 Å². The molecule has 1 amide bonds. The number of carbonyl (C=O) groups is 2. The average Bonchev–Trinajstić information content (AvgIpc) is 2.81. The van der Waals surface area contributed by atoms with E-state index in [1.807, 2.05) is 0 Å². The van der Waals surface area contributed by atoms with E-state index in [0.717, 1.165) is 5.56 Å². The standard InChI is InChI=1S/C16H16FNO4/c1-10-9-22-13(8-14(19)20)15(10)16(21)18-7-6-11-2-4-12(17)5-3-11/h2-5,9H,6-8H2,1H3,(H,18,21)(H,19,20). The van der Waals surface area contributed by atoms with Gasteiger partial charge in [-0.15, -0.1) is 0 Å². The molecule has 2 aromatic rings. The summed E-state index contributed by atoms with van der Waals surface area (Å²) in [6.07, 6.45) is 1.58. The number of hydrogen-bond donors (Lipinski definition) is 2. The van der Waals surface area contributed by atoms with Crippen molar-refractivity contribution in [3.63, 3.8) is 0 Å². The molecule has 0 aliphatic carbocycles. The summed E-state index contributed by atoms with van der Waals surface area (Å²) in [5.74, 6) is -1.59. The van der Waals surface area contributed by atoms with Crippen LogP contribution in [0, 0.1) is 12.7 Å². The number of carbonyl (C=O) groups excluding carboxylic acids is 1. The number of aliphatic carboxylic acids is 1. The molecule has 0 bridgehead atoms. The Morgan fingerprint density at radius 1 is 1.27 bits per heavy atom. The molecule has 1 aromatic carbocycles. The van der Waals surface area contributed by atoms with Crippen LogP contribution in [0.25, 0.3) is 0 Å². The number of hydrogen-bond acceptors (Lipinski definition) is 3. The van der Waals surface area contributed by atoms with Crippen molar-refractivity contribution < 1.29 is 23.5 Å². The van der Waals surface area contributed by atoms with Gasteiger partial charge in [-0.25, -0.2) is 4.39 Å². The van der Waals surface area contributed by atoms with E-state index >= 15 is 0 Å². The van der Waals surface area contributed by atoms with Crippen LogP contribution in [0.2, 0.25) is 0 Å². The molecule has 6 heteroatoms. The van der Waals surface area contributed by atoms with Crippen LogP contribution in [-0.2, 0) is 17.6 Å². The molecule has 0 saturated carbocycles. The second-order valence-electron chi connectivity index (χ2n) is 4.92. The predicted molar refractivity (Wildman–Crippen MR) is 77.2 cm³/mol. The van der Waals surface area contributed by atoms with E-state index in [-0.39, 0.29) is 29.5 Å². The topological polar surface area (TPSA) is 79.5 Å². The molecular formula is C16H16FNO4. The van der Waals surface area contributed by atoms with Gasteiger partial charge in [-0.1, -0.05) is 12.1 Å². The zero-order valence-corrected chi connectivity index (χ0v) is 12.1. The Morgan fingerprint density at radius 2 is 1.95 bits per heavy atom. The van der Waals surface area contributed by atoms with Crippen molar-refractivity contribution in [3.05, 3.63) is 58.8 Å². The van der Waals surface area contributed by atoms with Crippen LogP contribution >= 0.6 is 0 Å². The summed E-state index contributed by atoms with van der Waals surface area (Å²) in [6.45, 7) is 2.05. The maximum absolute atomic E-state index is 12.8. The molecule has 0 aliphatic heterocycles. The van der Waals surface area contributed by atoms with Crippen LogP contribution < -0.4 is 5.32 Å². The summed E-state index contributed by atoms with van der Waals surface area (Å²) >= 11 is 0. The van der Waals surface area contributed by atoms with Crippen molar-refractivity contribution in [1.29, 1.82) is 0 Å². The highest BCUT2D eigenvalue weighted by Gasteiger charge is 2.20. The second kappa shape index (κ2) is 6.89. The third kappa shape index (κ3) is 3.94. The molecule has 2 rings (SSSR count). The molecule has 0 atom stereocenters. The molecule has 0 radical (unpaired) electrons. The Kier molecular flexibility index (Phi) is 4.93. The highest BCUT2D eigenvalue weighted by molar-refractivity contribution is 5.97. The lowest BCUT2D eigenvalue weighted by Crippen LogP contribution is -2.27. The number of aryl methyl sites for hydroxylation is 1. The third-order valence-electron chi connectivity index (χ3n) is 3.20. The van der Waals surface area contributed by atoms with Gasteiger partial charge >= 0.3 is 5.97 Å². The Morgan fingerprint density at radius 3 is 2.59 bits per heavy atom. The lowest BCUT2D eigenvalue weighted by atomic mass is 10.1. The van der Waals surface area contributed by atoms with Crippen molar-refractivity contribution in [2.75, 3.05) is 6.54 Å². The molecule has 0 saturated heterocycles. The van der Waals surface area contributed by atoms with Gasteiger partial charge < -0.3 is 14.8 Å². The van der Waals surface area contributed by atoms with Crippen LogP contribution in [0.5, 0.6) is 0 Å². The normalized spacial score (nSPS) is 10.5. The lowest BCUT2D eigenvalue weighted by Gasteiger charge is -2.06. The maximum atomic E-state index is 12.8. The Balaban J connectivity index is 1.96. The van der Waals surface area contributed by atoms with Gasteiger partial charge in [0.15, 0.2) is 0 Å². The largest absolute Gasteiger partial charge is 0.481 e. The van der Waals surface area contributed by atoms with Gasteiger partial charge in [0.1, 0.15) is 18.0 Å². The van der Waals surface area contributed by atoms with Crippen LogP contribution in [0.1, 0.15) is 27.2 Å². The number of amides is 1. The van der Waals surface area contributed by atoms with Gasteiger partial charge in [0, 0.05) is 12.1 Å². The zero-order valence-electron chi connectivity index (χ0n) is 12.1. The summed E-state index contributed by atoms with van der Waals surface area (Å²) in [7, 11) is 0. The SMILES string of the molecule is Cc1coc(CC(=O)O)c1C(=O)NCCc1ccc(F)cc1. The molecule has 0 spiro atoms. The fourth-order valence-corrected chi connectivity index (χ4v) is 2.13. The molecule has 2 N–H and O–H groups in total. The van der Waals surface area contributed by atoms with Gasteiger partial charge in [-0.3, -0.25) is 9.59 Å². The summed E-state index contributed by atoms with van der Waals surface area (Å²) in [5, 5.41) is 11.5. The molecule has 1 heterocycles. The Hall–Kier alpha value is -2.63. The number of halogens is 1. The van der Waals surface area contributed by atoms with E-state index < -0.39 is 5.97 Å². The summed E-state index contributed by atoms with van der Waals surface area (Å²) in [6, 6.07) is 6.03. The minimum absolute atomic E-state index is 0.143. The Bertz CT molecular complexity index is 676. The number of furan rings is 1. The molecular weight excluding hydrogens is 289 g/mol. The quantitative estimate of drug-likeness (QED) is 0.858. The fourth-order valence-electron chi connectivity index (χ4n) is 2.13. The first-order chi connectivity index (χ1) is 10.5. The van der Waals surface area contributed by atoms with Crippen LogP contribution in [0.3, 0.4) is 0 Å². The average molecular weight is 305 g/mol. The van der Waals surface area contributed by atoms with Crippen LogP contribution in [0.4, 0.5) is 4.39 Å². The van der Waals surface area contributed by atoms with Crippen LogP contribution in [-0.4, -0.2) is 23.5 Å². The second-order valence-corrected chi connectivity index (χ2v) is 4.92. The first-order valence-corrected chi connectivity index (χ1v) is 6.78. The minimum Gasteiger partial charge on any atom is -0.481 e. The van der Waals surface area contributed by atoms with Crippen molar-refractivity contribution >= 4 is 11.9 Å². The minimum atomic E-state index is -1.06. The lowest BCUT2D eigenvalue weighted by molar-refractivity contribution is -0.136. The van der Waals surface area contributed by atoms with Crippen molar-refractivity contribution in [3.8, 4) is 0 Å². The molecule has 22 heavy (non-hydrogen) atoms. The van der Waals surface area contributed by atoms with Gasteiger partial charge in [-0.2, -0.15) is 0 Å². The summed E-state index contributed by atoms with van der Waals surface area (Å²) < 4.78 is 17.9. The van der Waals surface area contributed by atoms with E-state index in [0.29, 0.717) is 18.5 Å². The van der Waals surface area contributed by atoms with Crippen molar-refractivity contribution in [1.82, 2.24) is 5.32 Å². The molecule has 1 aromatic heterocycles. The molecule has 0 unspecified atom stereocenters. The highest BCUT2D eigenvalue weighted by atomic mass is 19.1. The predicted octanol–water partition coefficient (Wildman–Crippen LogP) is 2.33. The number of carboxylic acids is 1. The van der Waals surface area contributed by atoms with Gasteiger partial charge in [0.05, 0.1) is 11.8 Å². The monoisotopic (exact) mass is 305 g/mol. The van der Waals surface area contributed by atoms with Gasteiger partial charge in [0.25, 0.3) is 5.91 Å². The molecule has 5 nitrogen and oxygen atoms in total. The van der Waals surface area contributed by atoms with Crippen LogP contribution in [0.15, 0.2) is 34.9 Å².